The molecular weight excluding hydrogens is 362 g/mol. The number of carbonyl (C=O) groups excluding carboxylic acids is 2. The lowest BCUT2D eigenvalue weighted by molar-refractivity contribution is -0.133. The summed E-state index contributed by atoms with van der Waals surface area (Å²) in [6.45, 7) is 4.36. The Hall–Kier alpha value is -2.04. The summed E-state index contributed by atoms with van der Waals surface area (Å²) < 4.78 is 0. The molecule has 1 aromatic carbocycles. The van der Waals surface area contributed by atoms with Crippen molar-refractivity contribution in [2.24, 2.45) is 0 Å². The Morgan fingerprint density at radius 1 is 0.862 bits per heavy atom. The van der Waals surface area contributed by atoms with E-state index in [1.54, 1.807) is 0 Å². The van der Waals surface area contributed by atoms with E-state index in [0.717, 1.165) is 57.3 Å². The number of anilines is 1. The zero-order chi connectivity index (χ0) is 20.2. The highest BCUT2D eigenvalue weighted by Crippen LogP contribution is 2.34. The van der Waals surface area contributed by atoms with Crippen LogP contribution in [0.2, 0.25) is 0 Å². The lowest BCUT2D eigenvalue weighted by atomic mass is 10.1. The molecule has 0 spiro atoms. The van der Waals surface area contributed by atoms with Gasteiger partial charge in [-0.2, -0.15) is 0 Å². The van der Waals surface area contributed by atoms with Crippen molar-refractivity contribution in [2.45, 2.75) is 76.8 Å². The van der Waals surface area contributed by atoms with E-state index in [1.165, 1.54) is 24.8 Å². The first-order chi connectivity index (χ1) is 14.1. The van der Waals surface area contributed by atoms with Crippen molar-refractivity contribution in [3.05, 3.63) is 29.8 Å². The zero-order valence-electron chi connectivity index (χ0n) is 17.8. The molecule has 0 N–H and O–H groups in total. The van der Waals surface area contributed by atoms with Gasteiger partial charge in [0.1, 0.15) is 0 Å². The van der Waals surface area contributed by atoms with E-state index in [2.05, 4.69) is 24.0 Å². The number of piperidine rings is 1. The van der Waals surface area contributed by atoms with Crippen molar-refractivity contribution in [2.75, 3.05) is 31.1 Å². The van der Waals surface area contributed by atoms with Gasteiger partial charge in [0.2, 0.25) is 11.8 Å². The van der Waals surface area contributed by atoms with E-state index >= 15 is 0 Å². The number of benzene rings is 1. The molecule has 1 heterocycles. The first-order valence-electron chi connectivity index (χ1n) is 11.5. The minimum Gasteiger partial charge on any atom is -0.353 e. The molecule has 5 nitrogen and oxygen atoms in total. The molecule has 2 saturated carbocycles. The first kappa shape index (κ1) is 20.2. The zero-order valence-corrected chi connectivity index (χ0v) is 17.8. The van der Waals surface area contributed by atoms with Gasteiger partial charge in [0.15, 0.2) is 0 Å². The van der Waals surface area contributed by atoms with Gasteiger partial charge in [0.25, 0.3) is 0 Å². The van der Waals surface area contributed by atoms with Crippen molar-refractivity contribution in [3.8, 4) is 0 Å². The molecular formula is C24H35N3O2. The Morgan fingerprint density at radius 3 is 2.10 bits per heavy atom. The van der Waals surface area contributed by atoms with E-state index in [0.29, 0.717) is 18.6 Å². The predicted molar refractivity (Wildman–Crippen MR) is 116 cm³/mol. The largest absolute Gasteiger partial charge is 0.353 e. The van der Waals surface area contributed by atoms with E-state index in [4.69, 9.17) is 0 Å². The summed E-state index contributed by atoms with van der Waals surface area (Å²) in [5.74, 6) is 0.350. The molecule has 2 amide bonds. The third-order valence-electron chi connectivity index (χ3n) is 6.71. The van der Waals surface area contributed by atoms with Gasteiger partial charge in [0, 0.05) is 30.9 Å². The molecule has 1 aliphatic heterocycles. The van der Waals surface area contributed by atoms with Gasteiger partial charge in [-0.3, -0.25) is 9.59 Å². The number of carbonyl (C=O) groups is 2. The van der Waals surface area contributed by atoms with E-state index in [-0.39, 0.29) is 18.4 Å². The van der Waals surface area contributed by atoms with Crippen molar-refractivity contribution in [1.82, 2.24) is 9.80 Å². The molecule has 2 aliphatic carbocycles. The van der Waals surface area contributed by atoms with E-state index in [9.17, 15) is 9.59 Å². The van der Waals surface area contributed by atoms with Gasteiger partial charge in [-0.25, -0.2) is 0 Å². The molecule has 0 radical (unpaired) electrons. The van der Waals surface area contributed by atoms with Gasteiger partial charge in [0.05, 0.1) is 13.1 Å². The number of hydrogen-bond acceptors (Lipinski definition) is 3. The maximum atomic E-state index is 13.4. The number of amides is 2. The van der Waals surface area contributed by atoms with Crippen LogP contribution in [0.3, 0.4) is 0 Å². The Morgan fingerprint density at radius 2 is 1.48 bits per heavy atom. The fourth-order valence-electron chi connectivity index (χ4n) is 4.89. The molecule has 1 saturated heterocycles. The SMILES string of the molecule is Cc1ccc(N(CC(=O)N2CCCCC2)CC(=O)N(C2CCCC2)C2CC2)cc1. The smallest absolute Gasteiger partial charge is 0.242 e. The van der Waals surface area contributed by atoms with Crippen LogP contribution in [0.5, 0.6) is 0 Å². The van der Waals surface area contributed by atoms with Crippen LogP contribution in [0, 0.1) is 6.92 Å². The number of aryl methyl sites for hydroxylation is 1. The number of nitrogens with zero attached hydrogens (tertiary/aromatic N) is 3. The minimum absolute atomic E-state index is 0.150. The topological polar surface area (TPSA) is 43.9 Å². The summed E-state index contributed by atoms with van der Waals surface area (Å²) in [6.07, 6.45) is 10.4. The molecule has 0 unspecified atom stereocenters. The van der Waals surface area contributed by atoms with Gasteiger partial charge in [-0.15, -0.1) is 0 Å². The van der Waals surface area contributed by atoms with Crippen molar-refractivity contribution in [1.29, 1.82) is 0 Å². The van der Waals surface area contributed by atoms with E-state index < -0.39 is 0 Å². The number of hydrogen-bond donors (Lipinski definition) is 0. The Labute approximate surface area is 175 Å². The molecule has 0 bridgehead atoms. The second-order valence-corrected chi connectivity index (χ2v) is 9.10. The molecule has 29 heavy (non-hydrogen) atoms. The Kier molecular flexibility index (Phi) is 6.41. The number of likely N-dealkylation sites (tertiary alicyclic amines) is 1. The predicted octanol–water partition coefficient (Wildman–Crippen LogP) is 3.75. The summed E-state index contributed by atoms with van der Waals surface area (Å²) in [5.41, 5.74) is 2.16. The molecule has 3 aliphatic rings. The van der Waals surface area contributed by atoms with Crippen LogP contribution >= 0.6 is 0 Å². The quantitative estimate of drug-likeness (QED) is 0.704. The van der Waals surface area contributed by atoms with Crippen molar-refractivity contribution in [3.63, 3.8) is 0 Å². The van der Waals surface area contributed by atoms with Crippen LogP contribution in [0.4, 0.5) is 5.69 Å². The summed E-state index contributed by atoms with van der Waals surface area (Å²) in [4.78, 5) is 32.5. The van der Waals surface area contributed by atoms with Gasteiger partial charge >= 0.3 is 0 Å². The third-order valence-corrected chi connectivity index (χ3v) is 6.71. The lowest BCUT2D eigenvalue weighted by Gasteiger charge is -2.34. The van der Waals surface area contributed by atoms with Crippen LogP contribution in [0.25, 0.3) is 0 Å². The molecule has 1 aromatic rings. The van der Waals surface area contributed by atoms with Gasteiger partial charge < -0.3 is 14.7 Å². The van der Waals surface area contributed by atoms with Gasteiger partial charge in [-0.1, -0.05) is 30.5 Å². The molecule has 3 fully saturated rings. The van der Waals surface area contributed by atoms with Crippen LogP contribution in [-0.2, 0) is 9.59 Å². The lowest BCUT2D eigenvalue weighted by Crippen LogP contribution is -2.49. The maximum absolute atomic E-state index is 13.4. The molecule has 0 atom stereocenters. The van der Waals surface area contributed by atoms with Gasteiger partial charge in [-0.05, 0) is 64.0 Å². The van der Waals surface area contributed by atoms with Crippen molar-refractivity contribution < 1.29 is 9.59 Å². The fourth-order valence-corrected chi connectivity index (χ4v) is 4.89. The second kappa shape index (κ2) is 9.19. The average molecular weight is 398 g/mol. The van der Waals surface area contributed by atoms with E-state index in [1.807, 2.05) is 21.9 Å². The molecule has 4 rings (SSSR count). The normalized spacial score (nSPS) is 20.0. The highest BCUT2D eigenvalue weighted by molar-refractivity contribution is 5.87. The first-order valence-corrected chi connectivity index (χ1v) is 11.5. The fraction of sp³-hybridized carbons (Fsp3) is 0.667. The monoisotopic (exact) mass is 397 g/mol. The molecule has 0 aromatic heterocycles. The maximum Gasteiger partial charge on any atom is 0.242 e. The van der Waals surface area contributed by atoms with Crippen LogP contribution in [0.1, 0.15) is 63.4 Å². The average Bonchev–Trinajstić information content (AvgIpc) is 3.42. The van der Waals surface area contributed by atoms with Crippen molar-refractivity contribution >= 4 is 17.5 Å². The summed E-state index contributed by atoms with van der Waals surface area (Å²) in [6, 6.07) is 9.06. The Bertz CT molecular complexity index is 701. The summed E-state index contributed by atoms with van der Waals surface area (Å²) >= 11 is 0. The minimum atomic E-state index is 0.150. The standard InChI is InChI=1S/C24H35N3O2/c1-19-9-11-20(12-10-19)26(17-23(28)25-15-5-2-6-16-25)18-24(29)27(22-13-14-22)21-7-3-4-8-21/h9-12,21-22H,2-8,13-18H2,1H3. The highest BCUT2D eigenvalue weighted by Gasteiger charge is 2.38. The summed E-state index contributed by atoms with van der Waals surface area (Å²) in [7, 11) is 0. The molecule has 5 heteroatoms. The second-order valence-electron chi connectivity index (χ2n) is 9.10. The summed E-state index contributed by atoms with van der Waals surface area (Å²) in [5, 5.41) is 0. The third kappa shape index (κ3) is 5.12. The van der Waals surface area contributed by atoms with Crippen LogP contribution in [-0.4, -0.2) is 59.9 Å². The van der Waals surface area contributed by atoms with Crippen LogP contribution < -0.4 is 4.90 Å². The Balaban J connectivity index is 1.48. The van der Waals surface area contributed by atoms with Crippen LogP contribution in [0.15, 0.2) is 24.3 Å². The molecule has 158 valence electrons. The number of rotatable bonds is 7. The highest BCUT2D eigenvalue weighted by atomic mass is 16.2.